The van der Waals surface area contributed by atoms with Crippen LogP contribution in [0, 0.1) is 6.92 Å². The summed E-state index contributed by atoms with van der Waals surface area (Å²) in [6, 6.07) is 0. The summed E-state index contributed by atoms with van der Waals surface area (Å²) in [7, 11) is 1.35. The smallest absolute Gasteiger partial charge is 0.469 e. The van der Waals surface area contributed by atoms with E-state index in [1.807, 2.05) is 0 Å². The zero-order valence-electron chi connectivity index (χ0n) is 11.0. The van der Waals surface area contributed by atoms with E-state index in [0.717, 1.165) is 6.42 Å². The molecule has 7 heteroatoms. The molecule has 0 bridgehead atoms. The SMILES string of the molecule is COC(=O)CCCCCN(C=O)c1oc(=O)oc1C. The number of hydrogen-bond donors (Lipinski definition) is 0. The Balaban J connectivity index is 2.38. The van der Waals surface area contributed by atoms with Crippen molar-refractivity contribution in [2.45, 2.75) is 32.6 Å². The number of carbonyl (C=O) groups is 2. The van der Waals surface area contributed by atoms with Crippen molar-refractivity contribution < 1.29 is 23.2 Å². The fraction of sp³-hybridized carbons (Fsp3) is 0.583. The van der Waals surface area contributed by atoms with Crippen LogP contribution in [0.5, 0.6) is 0 Å². The highest BCUT2D eigenvalue weighted by Gasteiger charge is 2.15. The van der Waals surface area contributed by atoms with Gasteiger partial charge in [-0.1, -0.05) is 6.42 Å². The van der Waals surface area contributed by atoms with Crippen LogP contribution >= 0.6 is 0 Å². The lowest BCUT2D eigenvalue weighted by Crippen LogP contribution is -2.22. The predicted octanol–water partition coefficient (Wildman–Crippen LogP) is 1.24. The monoisotopic (exact) mass is 271 g/mol. The normalized spacial score (nSPS) is 10.2. The number of methoxy groups -OCH3 is 1. The molecule has 0 aliphatic carbocycles. The second-order valence-corrected chi connectivity index (χ2v) is 4.00. The summed E-state index contributed by atoms with van der Waals surface area (Å²) in [6.45, 7) is 1.95. The summed E-state index contributed by atoms with van der Waals surface area (Å²) in [6.07, 6.45) is 3.08. The largest absolute Gasteiger partial charge is 0.520 e. The highest BCUT2D eigenvalue weighted by molar-refractivity contribution is 5.72. The minimum atomic E-state index is -0.829. The average Bonchev–Trinajstić information content (AvgIpc) is 2.72. The first-order chi connectivity index (χ1) is 9.08. The number of anilines is 1. The highest BCUT2D eigenvalue weighted by Crippen LogP contribution is 2.17. The standard InChI is InChI=1S/C12H17NO6/c1-9-11(19-12(16)18-9)13(8-14)7-5-3-4-6-10(15)17-2/h8H,3-7H2,1-2H3. The molecule has 0 aromatic carbocycles. The number of esters is 1. The number of nitrogens with zero attached hydrogens (tertiary/aromatic N) is 1. The van der Waals surface area contributed by atoms with Gasteiger partial charge < -0.3 is 13.6 Å². The van der Waals surface area contributed by atoms with Crippen LogP contribution in [0.2, 0.25) is 0 Å². The van der Waals surface area contributed by atoms with Gasteiger partial charge in [0.25, 0.3) is 0 Å². The quantitative estimate of drug-likeness (QED) is 0.401. The second kappa shape index (κ2) is 7.40. The fourth-order valence-electron chi connectivity index (χ4n) is 1.63. The van der Waals surface area contributed by atoms with E-state index >= 15 is 0 Å². The first kappa shape index (κ1) is 15.0. The molecule has 0 aliphatic heterocycles. The highest BCUT2D eigenvalue weighted by atomic mass is 16.6. The van der Waals surface area contributed by atoms with Gasteiger partial charge in [0, 0.05) is 13.0 Å². The van der Waals surface area contributed by atoms with Gasteiger partial charge in [-0.2, -0.15) is 0 Å². The summed E-state index contributed by atoms with van der Waals surface area (Å²) in [4.78, 5) is 34.0. The Hall–Kier alpha value is -2.05. The molecule has 1 rings (SSSR count). The van der Waals surface area contributed by atoms with Crippen molar-refractivity contribution in [1.29, 1.82) is 0 Å². The van der Waals surface area contributed by atoms with Gasteiger partial charge >= 0.3 is 11.8 Å². The summed E-state index contributed by atoms with van der Waals surface area (Å²) in [5.74, 6) is -0.673. The maximum atomic E-state index is 10.9. The molecule has 0 radical (unpaired) electrons. The Bertz CT molecular complexity index is 475. The van der Waals surface area contributed by atoms with E-state index in [1.165, 1.54) is 12.0 Å². The molecule has 0 saturated heterocycles. The topological polar surface area (TPSA) is 90.0 Å². The van der Waals surface area contributed by atoms with E-state index in [0.29, 0.717) is 32.2 Å². The van der Waals surface area contributed by atoms with Gasteiger partial charge in [0.1, 0.15) is 0 Å². The van der Waals surface area contributed by atoms with E-state index in [4.69, 9.17) is 4.42 Å². The number of rotatable bonds is 8. The van der Waals surface area contributed by atoms with E-state index in [9.17, 15) is 14.4 Å². The summed E-state index contributed by atoms with van der Waals surface area (Å²) >= 11 is 0. The molecule has 106 valence electrons. The van der Waals surface area contributed by atoms with Crippen LogP contribution in [0.3, 0.4) is 0 Å². The molecule has 0 fully saturated rings. The van der Waals surface area contributed by atoms with Crippen molar-refractivity contribution in [3.63, 3.8) is 0 Å². The van der Waals surface area contributed by atoms with E-state index < -0.39 is 5.82 Å². The minimum absolute atomic E-state index is 0.132. The van der Waals surface area contributed by atoms with Gasteiger partial charge in [0.2, 0.25) is 12.3 Å². The van der Waals surface area contributed by atoms with Gasteiger partial charge in [0.15, 0.2) is 5.76 Å². The van der Waals surface area contributed by atoms with Crippen LogP contribution in [-0.2, 0) is 14.3 Å². The Morgan fingerprint density at radius 1 is 1.32 bits per heavy atom. The summed E-state index contributed by atoms with van der Waals surface area (Å²) < 4.78 is 14.0. The molecule has 1 amide bonds. The van der Waals surface area contributed by atoms with Gasteiger partial charge in [-0.05, 0) is 19.8 Å². The second-order valence-electron chi connectivity index (χ2n) is 4.00. The molecule has 0 aliphatic rings. The Labute approximate surface area is 110 Å². The van der Waals surface area contributed by atoms with Gasteiger partial charge in [-0.15, -0.1) is 0 Å². The zero-order valence-corrected chi connectivity index (χ0v) is 11.0. The van der Waals surface area contributed by atoms with Crippen LogP contribution < -0.4 is 10.7 Å². The minimum Gasteiger partial charge on any atom is -0.469 e. The summed E-state index contributed by atoms with van der Waals surface area (Å²) in [5.41, 5.74) is 0. The Morgan fingerprint density at radius 2 is 2.05 bits per heavy atom. The Morgan fingerprint density at radius 3 is 2.58 bits per heavy atom. The van der Waals surface area contributed by atoms with Crippen molar-refractivity contribution in [2.75, 3.05) is 18.6 Å². The van der Waals surface area contributed by atoms with Crippen molar-refractivity contribution in [3.8, 4) is 0 Å². The van der Waals surface area contributed by atoms with Crippen LogP contribution in [0.25, 0.3) is 0 Å². The molecule has 0 saturated carbocycles. The lowest BCUT2D eigenvalue weighted by molar-refractivity contribution is -0.140. The van der Waals surface area contributed by atoms with Crippen molar-refractivity contribution in [3.05, 3.63) is 16.4 Å². The maximum absolute atomic E-state index is 10.9. The molecule has 0 N–H and O–H groups in total. The third kappa shape index (κ3) is 4.61. The molecular formula is C12H17NO6. The number of ether oxygens (including phenoxy) is 1. The number of aryl methyl sites for hydroxylation is 1. The lowest BCUT2D eigenvalue weighted by atomic mass is 10.2. The van der Waals surface area contributed by atoms with Crippen molar-refractivity contribution in [1.82, 2.24) is 0 Å². The molecule has 0 spiro atoms. The van der Waals surface area contributed by atoms with Gasteiger partial charge in [-0.3, -0.25) is 14.5 Å². The average molecular weight is 271 g/mol. The molecular weight excluding hydrogens is 254 g/mol. The first-order valence-corrected chi connectivity index (χ1v) is 5.97. The molecule has 7 nitrogen and oxygen atoms in total. The Kier molecular flexibility index (Phi) is 5.84. The van der Waals surface area contributed by atoms with E-state index in [1.54, 1.807) is 6.92 Å². The van der Waals surface area contributed by atoms with Crippen LogP contribution in [-0.4, -0.2) is 26.0 Å². The predicted molar refractivity (Wildman–Crippen MR) is 65.9 cm³/mol. The van der Waals surface area contributed by atoms with Crippen LogP contribution in [0.1, 0.15) is 31.4 Å². The fourth-order valence-corrected chi connectivity index (χ4v) is 1.63. The van der Waals surface area contributed by atoms with E-state index in [-0.39, 0.29) is 17.6 Å². The van der Waals surface area contributed by atoms with Crippen molar-refractivity contribution in [2.24, 2.45) is 0 Å². The molecule has 1 aromatic rings. The molecule has 1 heterocycles. The van der Waals surface area contributed by atoms with Gasteiger partial charge in [0.05, 0.1) is 7.11 Å². The third-order valence-corrected chi connectivity index (χ3v) is 2.61. The first-order valence-electron chi connectivity index (χ1n) is 5.97. The zero-order chi connectivity index (χ0) is 14.3. The number of unbranched alkanes of at least 4 members (excludes halogenated alkanes) is 2. The number of amides is 1. The van der Waals surface area contributed by atoms with Crippen LogP contribution in [0.15, 0.2) is 13.6 Å². The molecule has 0 atom stereocenters. The molecule has 0 unspecified atom stereocenters. The van der Waals surface area contributed by atoms with E-state index in [2.05, 4.69) is 9.15 Å². The van der Waals surface area contributed by atoms with Crippen molar-refractivity contribution >= 4 is 18.3 Å². The molecule has 19 heavy (non-hydrogen) atoms. The lowest BCUT2D eigenvalue weighted by Gasteiger charge is -2.13. The summed E-state index contributed by atoms with van der Waals surface area (Å²) in [5, 5.41) is 0. The maximum Gasteiger partial charge on any atom is 0.520 e. The number of carbonyl (C=O) groups excluding carboxylic acids is 2. The van der Waals surface area contributed by atoms with Gasteiger partial charge in [-0.25, -0.2) is 4.79 Å². The molecule has 1 aromatic heterocycles. The third-order valence-electron chi connectivity index (χ3n) is 2.61. The number of hydrogen-bond acceptors (Lipinski definition) is 6. The van der Waals surface area contributed by atoms with Crippen LogP contribution in [0.4, 0.5) is 5.88 Å².